The van der Waals surface area contributed by atoms with E-state index < -0.39 is 5.97 Å². The van der Waals surface area contributed by atoms with Crippen molar-refractivity contribution in [2.45, 2.75) is 77.6 Å². The zero-order valence-electron chi connectivity index (χ0n) is 15.3. The topological polar surface area (TPSA) is 98.0 Å². The van der Waals surface area contributed by atoms with Gasteiger partial charge < -0.3 is 20.4 Å². The van der Waals surface area contributed by atoms with Gasteiger partial charge in [0.05, 0.1) is 6.42 Å². The summed E-state index contributed by atoms with van der Waals surface area (Å²) in [4.78, 5) is 10.8. The molecule has 0 aliphatic carbocycles. The lowest BCUT2D eigenvalue weighted by molar-refractivity contribution is -0.138. The molecule has 0 aromatic rings. The minimum absolute atomic E-state index is 0.0242. The Kier molecular flexibility index (Phi) is 15.4. The Morgan fingerprint density at radius 2 is 1.25 bits per heavy atom. The third-order valence-corrected chi connectivity index (χ3v) is 4.79. The van der Waals surface area contributed by atoms with Gasteiger partial charge in [-0.3, -0.25) is 4.79 Å². The third-order valence-electron chi connectivity index (χ3n) is 4.79. The van der Waals surface area contributed by atoms with Crippen LogP contribution < -0.4 is 0 Å². The Balaban J connectivity index is 4.05. The maximum Gasteiger partial charge on any atom is 0.303 e. The monoisotopic (exact) mass is 346 g/mol. The molecule has 5 nitrogen and oxygen atoms in total. The molecule has 0 fully saturated rings. The smallest absolute Gasteiger partial charge is 0.303 e. The van der Waals surface area contributed by atoms with E-state index in [9.17, 15) is 20.1 Å². The lowest BCUT2D eigenvalue weighted by Crippen LogP contribution is -2.22. The van der Waals surface area contributed by atoms with Crippen LogP contribution in [0, 0.1) is 17.8 Å². The Bertz CT molecular complexity index is 295. The summed E-state index contributed by atoms with van der Waals surface area (Å²) in [6, 6.07) is 0. The van der Waals surface area contributed by atoms with Crippen molar-refractivity contribution < 1.29 is 25.2 Å². The fourth-order valence-electron chi connectivity index (χ4n) is 3.33. The zero-order valence-corrected chi connectivity index (χ0v) is 15.3. The van der Waals surface area contributed by atoms with Gasteiger partial charge in [-0.25, -0.2) is 0 Å². The van der Waals surface area contributed by atoms with Crippen LogP contribution in [0.5, 0.6) is 0 Å². The lowest BCUT2D eigenvalue weighted by Gasteiger charge is -2.23. The van der Waals surface area contributed by atoms with E-state index in [-0.39, 0.29) is 44.0 Å². The Hall–Kier alpha value is -0.650. The summed E-state index contributed by atoms with van der Waals surface area (Å²) in [5.74, 6) is -1.14. The van der Waals surface area contributed by atoms with Crippen molar-refractivity contribution in [3.63, 3.8) is 0 Å². The van der Waals surface area contributed by atoms with Crippen molar-refractivity contribution >= 4 is 5.97 Å². The number of rotatable bonds is 17. The SMILES string of the molecule is CCCCCCCCCC(CO)CC(CO)CC(CO)CC(=O)O. The fourth-order valence-corrected chi connectivity index (χ4v) is 3.33. The number of hydrogen-bond donors (Lipinski definition) is 4. The average molecular weight is 347 g/mol. The number of aliphatic hydroxyl groups excluding tert-OH is 3. The molecule has 0 saturated heterocycles. The van der Waals surface area contributed by atoms with Crippen molar-refractivity contribution in [2.24, 2.45) is 17.8 Å². The van der Waals surface area contributed by atoms with E-state index in [0.29, 0.717) is 12.8 Å². The first-order chi connectivity index (χ1) is 11.6. The molecule has 5 heteroatoms. The van der Waals surface area contributed by atoms with Gasteiger partial charge in [0.2, 0.25) is 0 Å². The van der Waals surface area contributed by atoms with Gasteiger partial charge >= 0.3 is 5.97 Å². The van der Waals surface area contributed by atoms with Crippen molar-refractivity contribution in [3.05, 3.63) is 0 Å². The molecule has 0 bridgehead atoms. The number of carbonyl (C=O) groups is 1. The molecule has 0 saturated carbocycles. The standard InChI is InChI=1S/C19H38O5/c1-2-3-4-5-6-7-8-9-16(13-20)10-17(14-21)11-18(15-22)12-19(23)24/h16-18,20-22H,2-15H2,1H3,(H,23,24). The van der Waals surface area contributed by atoms with Crippen molar-refractivity contribution in [1.29, 1.82) is 0 Å². The molecule has 0 aromatic heterocycles. The molecular formula is C19H38O5. The van der Waals surface area contributed by atoms with E-state index in [1.54, 1.807) is 0 Å². The molecule has 4 N–H and O–H groups in total. The van der Waals surface area contributed by atoms with Gasteiger partial charge in [0.25, 0.3) is 0 Å². The van der Waals surface area contributed by atoms with Crippen molar-refractivity contribution in [3.8, 4) is 0 Å². The number of carboxylic acid groups (broad SMARTS) is 1. The highest BCUT2D eigenvalue weighted by atomic mass is 16.4. The van der Waals surface area contributed by atoms with Crippen LogP contribution in [0.1, 0.15) is 77.6 Å². The average Bonchev–Trinajstić information content (AvgIpc) is 2.57. The van der Waals surface area contributed by atoms with Gasteiger partial charge in [-0.15, -0.1) is 0 Å². The number of aliphatic hydroxyl groups is 3. The summed E-state index contributed by atoms with van der Waals surface area (Å²) < 4.78 is 0. The highest BCUT2D eigenvalue weighted by molar-refractivity contribution is 5.67. The van der Waals surface area contributed by atoms with Crippen LogP contribution in [0.25, 0.3) is 0 Å². The molecule has 0 aliphatic rings. The quantitative estimate of drug-likeness (QED) is 0.303. The zero-order chi connectivity index (χ0) is 18.2. The first-order valence-electron chi connectivity index (χ1n) is 9.61. The van der Waals surface area contributed by atoms with Gasteiger partial charge in [-0.05, 0) is 37.0 Å². The molecule has 3 atom stereocenters. The molecule has 0 aliphatic heterocycles. The van der Waals surface area contributed by atoms with Crippen LogP contribution in [-0.4, -0.2) is 46.2 Å². The Morgan fingerprint density at radius 3 is 1.75 bits per heavy atom. The Morgan fingerprint density at radius 1 is 0.750 bits per heavy atom. The van der Waals surface area contributed by atoms with Crippen LogP contribution in [-0.2, 0) is 4.79 Å². The second-order valence-corrected chi connectivity index (χ2v) is 7.13. The highest BCUT2D eigenvalue weighted by Crippen LogP contribution is 2.25. The minimum atomic E-state index is -0.924. The summed E-state index contributed by atoms with van der Waals surface area (Å²) in [6.07, 6.45) is 10.7. The number of hydrogen-bond acceptors (Lipinski definition) is 4. The molecule has 0 rings (SSSR count). The number of aliphatic carboxylic acids is 1. The molecular weight excluding hydrogens is 308 g/mol. The van der Waals surface area contributed by atoms with E-state index in [0.717, 1.165) is 12.8 Å². The van der Waals surface area contributed by atoms with Crippen LogP contribution in [0.4, 0.5) is 0 Å². The van der Waals surface area contributed by atoms with Crippen LogP contribution in [0.3, 0.4) is 0 Å². The van der Waals surface area contributed by atoms with Crippen molar-refractivity contribution in [1.82, 2.24) is 0 Å². The van der Waals surface area contributed by atoms with Gasteiger partial charge in [-0.2, -0.15) is 0 Å². The number of unbranched alkanes of at least 4 members (excludes halogenated alkanes) is 6. The van der Waals surface area contributed by atoms with Gasteiger partial charge in [0, 0.05) is 19.8 Å². The highest BCUT2D eigenvalue weighted by Gasteiger charge is 2.21. The fraction of sp³-hybridized carbons (Fsp3) is 0.947. The van der Waals surface area contributed by atoms with E-state index >= 15 is 0 Å². The third kappa shape index (κ3) is 12.7. The normalized spacial score (nSPS) is 15.2. The van der Waals surface area contributed by atoms with Crippen LogP contribution in [0.2, 0.25) is 0 Å². The second kappa shape index (κ2) is 15.9. The predicted octanol–water partition coefficient (Wildman–Crippen LogP) is 3.21. The predicted molar refractivity (Wildman–Crippen MR) is 95.8 cm³/mol. The maximum atomic E-state index is 10.8. The molecule has 24 heavy (non-hydrogen) atoms. The molecule has 3 unspecified atom stereocenters. The molecule has 0 aromatic carbocycles. The molecule has 0 amide bonds. The van der Waals surface area contributed by atoms with Gasteiger partial charge in [-0.1, -0.05) is 51.9 Å². The number of carboxylic acids is 1. The van der Waals surface area contributed by atoms with Gasteiger partial charge in [0.15, 0.2) is 0 Å². The summed E-state index contributed by atoms with van der Waals surface area (Å²) in [5.41, 5.74) is 0. The summed E-state index contributed by atoms with van der Waals surface area (Å²) in [7, 11) is 0. The first-order valence-corrected chi connectivity index (χ1v) is 9.61. The first kappa shape index (κ1) is 23.4. The summed E-state index contributed by atoms with van der Waals surface area (Å²) >= 11 is 0. The minimum Gasteiger partial charge on any atom is -0.481 e. The van der Waals surface area contributed by atoms with Crippen molar-refractivity contribution in [2.75, 3.05) is 19.8 Å². The van der Waals surface area contributed by atoms with E-state index in [1.165, 1.54) is 38.5 Å². The van der Waals surface area contributed by atoms with E-state index in [1.807, 2.05) is 0 Å². The molecule has 0 radical (unpaired) electrons. The summed E-state index contributed by atoms with van der Waals surface area (Å²) in [6.45, 7) is 2.12. The Labute approximate surface area is 147 Å². The van der Waals surface area contributed by atoms with Gasteiger partial charge in [0.1, 0.15) is 0 Å². The molecule has 0 heterocycles. The summed E-state index contributed by atoms with van der Waals surface area (Å²) in [5, 5.41) is 37.2. The van der Waals surface area contributed by atoms with E-state index in [2.05, 4.69) is 6.92 Å². The largest absolute Gasteiger partial charge is 0.481 e. The van der Waals surface area contributed by atoms with Crippen LogP contribution >= 0.6 is 0 Å². The maximum absolute atomic E-state index is 10.8. The second-order valence-electron chi connectivity index (χ2n) is 7.13. The molecule has 0 spiro atoms. The van der Waals surface area contributed by atoms with E-state index in [4.69, 9.17) is 5.11 Å². The lowest BCUT2D eigenvalue weighted by atomic mass is 9.84. The van der Waals surface area contributed by atoms with Crippen LogP contribution in [0.15, 0.2) is 0 Å². The molecule has 144 valence electrons.